The van der Waals surface area contributed by atoms with Gasteiger partial charge < -0.3 is 10.2 Å². The quantitative estimate of drug-likeness (QED) is 0.648. The SMILES string of the molecule is O=NN1[C@H](C(=O)O)CCC[N+]1(Cc1ccccc1)C(=O)O. The van der Waals surface area contributed by atoms with E-state index < -0.39 is 22.7 Å². The van der Waals surface area contributed by atoms with Crippen molar-refractivity contribution < 1.29 is 24.4 Å². The van der Waals surface area contributed by atoms with Crippen LogP contribution in [0.1, 0.15) is 18.4 Å². The fourth-order valence-electron chi connectivity index (χ4n) is 2.67. The lowest BCUT2D eigenvalue weighted by atomic mass is 10.1. The molecule has 112 valence electrons. The van der Waals surface area contributed by atoms with Crippen LogP contribution in [0.4, 0.5) is 4.79 Å². The summed E-state index contributed by atoms with van der Waals surface area (Å²) in [6, 6.07) is 7.54. The maximum absolute atomic E-state index is 11.8. The molecule has 0 saturated carbocycles. The van der Waals surface area contributed by atoms with Crippen LogP contribution < -0.4 is 0 Å². The molecule has 2 rings (SSSR count). The third-order valence-electron chi connectivity index (χ3n) is 3.69. The number of hydrogen-bond donors (Lipinski definition) is 2. The molecule has 0 spiro atoms. The van der Waals surface area contributed by atoms with Crippen LogP contribution in [0.3, 0.4) is 0 Å². The second-order valence-electron chi connectivity index (χ2n) is 4.97. The molecule has 8 heteroatoms. The van der Waals surface area contributed by atoms with Gasteiger partial charge in [0.1, 0.15) is 18.4 Å². The first-order chi connectivity index (χ1) is 10.0. The molecular weight excluding hydrogens is 278 g/mol. The van der Waals surface area contributed by atoms with Gasteiger partial charge in [-0.25, -0.2) is 4.79 Å². The lowest BCUT2D eigenvalue weighted by molar-refractivity contribution is -0.993. The van der Waals surface area contributed by atoms with E-state index in [0.717, 1.165) is 0 Å². The smallest absolute Gasteiger partial charge is 0.480 e. The predicted molar refractivity (Wildman–Crippen MR) is 71.6 cm³/mol. The molecule has 1 aliphatic rings. The summed E-state index contributed by atoms with van der Waals surface area (Å²) >= 11 is 0. The number of aliphatic carboxylic acids is 1. The molecule has 1 heterocycles. The third-order valence-corrected chi connectivity index (χ3v) is 3.69. The topological polar surface area (TPSA) is 107 Å². The van der Waals surface area contributed by atoms with Gasteiger partial charge in [-0.3, -0.25) is 0 Å². The molecule has 0 aliphatic carbocycles. The van der Waals surface area contributed by atoms with Crippen LogP contribution in [0.15, 0.2) is 35.6 Å². The molecule has 1 saturated heterocycles. The maximum atomic E-state index is 11.8. The normalized spacial score (nSPS) is 25.3. The minimum absolute atomic E-state index is 0.0221. The van der Waals surface area contributed by atoms with Gasteiger partial charge in [0.25, 0.3) is 0 Å². The van der Waals surface area contributed by atoms with E-state index >= 15 is 0 Å². The highest BCUT2D eigenvalue weighted by Crippen LogP contribution is 2.30. The molecule has 1 amide bonds. The number of rotatable bonds is 4. The average molecular weight is 294 g/mol. The fourth-order valence-corrected chi connectivity index (χ4v) is 2.67. The number of amides is 1. The summed E-state index contributed by atoms with van der Waals surface area (Å²) in [5.41, 5.74) is 0.694. The summed E-state index contributed by atoms with van der Waals surface area (Å²) in [7, 11) is 0. The second-order valence-corrected chi connectivity index (χ2v) is 4.97. The molecule has 8 nitrogen and oxygen atoms in total. The molecule has 1 aromatic rings. The van der Waals surface area contributed by atoms with Gasteiger partial charge in [-0.05, 0) is 6.42 Å². The lowest BCUT2D eigenvalue weighted by Gasteiger charge is -2.42. The minimum atomic E-state index is -1.29. The van der Waals surface area contributed by atoms with Gasteiger partial charge in [-0.15, -0.1) is 4.91 Å². The van der Waals surface area contributed by atoms with Crippen molar-refractivity contribution in [2.75, 3.05) is 6.54 Å². The zero-order valence-electron chi connectivity index (χ0n) is 11.3. The van der Waals surface area contributed by atoms with Crippen LogP contribution in [0.5, 0.6) is 0 Å². The van der Waals surface area contributed by atoms with Crippen molar-refractivity contribution in [2.45, 2.75) is 25.4 Å². The predicted octanol–water partition coefficient (Wildman–Crippen LogP) is 1.83. The third kappa shape index (κ3) is 2.70. The highest BCUT2D eigenvalue weighted by atomic mass is 16.4. The summed E-state index contributed by atoms with van der Waals surface area (Å²) in [4.78, 5) is 34.1. The van der Waals surface area contributed by atoms with Gasteiger partial charge >= 0.3 is 12.1 Å². The maximum Gasteiger partial charge on any atom is 0.540 e. The lowest BCUT2D eigenvalue weighted by Crippen LogP contribution is -2.67. The Balaban J connectivity index is 2.41. The summed E-state index contributed by atoms with van der Waals surface area (Å²) in [5, 5.41) is 22.1. The molecule has 1 aliphatic heterocycles. The van der Waals surface area contributed by atoms with Crippen molar-refractivity contribution in [3.05, 3.63) is 40.8 Å². The van der Waals surface area contributed by atoms with Gasteiger partial charge in [-0.1, -0.05) is 40.0 Å². The summed E-state index contributed by atoms with van der Waals surface area (Å²) in [6.07, 6.45) is -0.699. The molecule has 21 heavy (non-hydrogen) atoms. The van der Waals surface area contributed by atoms with E-state index in [1.807, 2.05) is 0 Å². The largest absolute Gasteiger partial charge is 0.540 e. The number of carboxylic acid groups (broad SMARTS) is 2. The first-order valence-electron chi connectivity index (χ1n) is 6.51. The van der Waals surface area contributed by atoms with E-state index in [4.69, 9.17) is 0 Å². The summed E-state index contributed by atoms with van der Waals surface area (Å²) < 4.78 is -0.815. The number of hydrogen-bond acceptors (Lipinski definition) is 4. The van der Waals surface area contributed by atoms with Crippen molar-refractivity contribution >= 4 is 12.1 Å². The van der Waals surface area contributed by atoms with Gasteiger partial charge in [0.05, 0.1) is 0 Å². The molecule has 0 aromatic heterocycles. The average Bonchev–Trinajstić information content (AvgIpc) is 2.47. The molecule has 0 radical (unpaired) electrons. The Morgan fingerprint density at radius 1 is 1.29 bits per heavy atom. The Kier molecular flexibility index (Phi) is 4.18. The molecule has 2 atom stereocenters. The van der Waals surface area contributed by atoms with Crippen LogP contribution in [0.25, 0.3) is 0 Å². The van der Waals surface area contributed by atoms with Crippen LogP contribution in [0.2, 0.25) is 0 Å². The number of nitroso groups, excluding NO2 is 1. The number of carboxylic acids is 1. The Morgan fingerprint density at radius 2 is 1.95 bits per heavy atom. The number of quaternary nitrogens is 1. The molecule has 2 N–H and O–H groups in total. The van der Waals surface area contributed by atoms with Gasteiger partial charge in [0.15, 0.2) is 6.04 Å². The first-order valence-corrected chi connectivity index (χ1v) is 6.51. The Labute approximate surface area is 120 Å². The van der Waals surface area contributed by atoms with Crippen LogP contribution in [0, 0.1) is 4.91 Å². The highest BCUT2D eigenvalue weighted by Gasteiger charge is 2.53. The minimum Gasteiger partial charge on any atom is -0.480 e. The van der Waals surface area contributed by atoms with Gasteiger partial charge in [0, 0.05) is 12.0 Å². The van der Waals surface area contributed by atoms with Crippen molar-refractivity contribution in [3.63, 3.8) is 0 Å². The van der Waals surface area contributed by atoms with Crippen molar-refractivity contribution in [2.24, 2.45) is 5.29 Å². The number of benzene rings is 1. The first kappa shape index (κ1) is 14.9. The van der Waals surface area contributed by atoms with Crippen LogP contribution in [-0.2, 0) is 11.3 Å². The Bertz CT molecular complexity index is 550. The highest BCUT2D eigenvalue weighted by molar-refractivity contribution is 5.73. The van der Waals surface area contributed by atoms with Crippen LogP contribution >= 0.6 is 0 Å². The molecule has 1 unspecified atom stereocenters. The van der Waals surface area contributed by atoms with E-state index in [2.05, 4.69) is 5.29 Å². The summed E-state index contributed by atoms with van der Waals surface area (Å²) in [6.45, 7) is 0.103. The van der Waals surface area contributed by atoms with Gasteiger partial charge in [-0.2, -0.15) is 4.79 Å². The molecule has 0 bridgehead atoms. The fraction of sp³-hybridized carbons (Fsp3) is 0.385. The molecular formula is C13H16N3O5+. The Morgan fingerprint density at radius 3 is 2.48 bits per heavy atom. The van der Waals surface area contributed by atoms with E-state index in [0.29, 0.717) is 17.1 Å². The molecule has 1 aromatic carbocycles. The van der Waals surface area contributed by atoms with E-state index in [1.165, 1.54) is 0 Å². The zero-order chi connectivity index (χ0) is 15.5. The number of nitrogens with zero attached hydrogens (tertiary/aromatic N) is 3. The second kappa shape index (κ2) is 5.88. The van der Waals surface area contributed by atoms with E-state index in [1.54, 1.807) is 30.3 Å². The van der Waals surface area contributed by atoms with Crippen molar-refractivity contribution in [1.29, 1.82) is 0 Å². The van der Waals surface area contributed by atoms with Crippen molar-refractivity contribution in [3.8, 4) is 0 Å². The van der Waals surface area contributed by atoms with Crippen molar-refractivity contribution in [1.82, 2.24) is 5.12 Å². The van der Waals surface area contributed by atoms with Crippen LogP contribution in [-0.4, -0.2) is 44.6 Å². The zero-order valence-corrected chi connectivity index (χ0v) is 11.3. The monoisotopic (exact) mass is 294 g/mol. The van der Waals surface area contributed by atoms with E-state index in [9.17, 15) is 24.7 Å². The van der Waals surface area contributed by atoms with Gasteiger partial charge in [0.2, 0.25) is 0 Å². The van der Waals surface area contributed by atoms with E-state index in [-0.39, 0.29) is 19.5 Å². The summed E-state index contributed by atoms with van der Waals surface area (Å²) in [5.74, 6) is -1.24. The number of carbonyl (C=O) groups is 2. The standard InChI is InChI=1S/C13H15N3O5/c17-12(18)11-7-4-8-16(13(19)20,15(11)14-21)9-10-5-2-1-3-6-10/h1-3,5-6,11H,4,7-9H2,(H-,17,18,19,20)/p+1/t11-,16?/m0/s1. The Hall–Kier alpha value is -2.48. The molecule has 1 fully saturated rings.